The highest BCUT2D eigenvalue weighted by molar-refractivity contribution is 5.28. The molecule has 1 saturated carbocycles. The van der Waals surface area contributed by atoms with Crippen molar-refractivity contribution in [3.63, 3.8) is 0 Å². The third-order valence-electron chi connectivity index (χ3n) is 3.26. The lowest BCUT2D eigenvalue weighted by molar-refractivity contribution is 0.0988. The van der Waals surface area contributed by atoms with Crippen LogP contribution >= 0.6 is 0 Å². The van der Waals surface area contributed by atoms with E-state index in [1.807, 2.05) is 18.2 Å². The van der Waals surface area contributed by atoms with Crippen molar-refractivity contribution in [2.75, 3.05) is 19.8 Å². The molecular formula is C17H25NO2. The highest BCUT2D eigenvalue weighted by Crippen LogP contribution is 2.20. The summed E-state index contributed by atoms with van der Waals surface area (Å²) in [6, 6.07) is 9.02. The third-order valence-corrected chi connectivity index (χ3v) is 3.26. The Morgan fingerprint density at radius 1 is 1.25 bits per heavy atom. The Labute approximate surface area is 122 Å². The van der Waals surface area contributed by atoms with Crippen LogP contribution < -0.4 is 10.1 Å². The normalized spacial score (nSPS) is 14.2. The molecule has 0 bridgehead atoms. The van der Waals surface area contributed by atoms with Gasteiger partial charge in [0, 0.05) is 19.2 Å². The van der Waals surface area contributed by atoms with Crippen molar-refractivity contribution in [2.45, 2.75) is 38.3 Å². The van der Waals surface area contributed by atoms with Gasteiger partial charge in [-0.3, -0.25) is 0 Å². The fraction of sp³-hybridized carbons (Fsp3) is 0.529. The van der Waals surface area contributed by atoms with E-state index < -0.39 is 0 Å². The monoisotopic (exact) mass is 275 g/mol. The molecule has 2 rings (SSSR count). The van der Waals surface area contributed by atoms with Gasteiger partial charge in [-0.15, -0.1) is 6.58 Å². The van der Waals surface area contributed by atoms with Crippen molar-refractivity contribution in [1.29, 1.82) is 0 Å². The molecule has 1 fully saturated rings. The average molecular weight is 275 g/mol. The van der Waals surface area contributed by atoms with Gasteiger partial charge in [0.1, 0.15) is 12.4 Å². The number of unbranched alkanes of at least 4 members (excludes halogenated alkanes) is 1. The van der Waals surface area contributed by atoms with Gasteiger partial charge in [-0.25, -0.2) is 0 Å². The number of hydrogen-bond donors (Lipinski definition) is 1. The predicted octanol–water partition coefficient (Wildman–Crippen LogP) is 3.30. The maximum absolute atomic E-state index is 5.70. The molecule has 0 radical (unpaired) electrons. The standard InChI is InChI=1S/C17H25NO2/c1-2-3-4-10-19-11-12-20-17-7-5-6-15(13-17)14-18-16-8-9-16/h2,5-7,13,16,18H,1,3-4,8-12,14H2. The van der Waals surface area contributed by atoms with E-state index in [9.17, 15) is 0 Å². The summed E-state index contributed by atoms with van der Waals surface area (Å²) in [5, 5.41) is 3.51. The quantitative estimate of drug-likeness (QED) is 0.496. The van der Waals surface area contributed by atoms with Crippen molar-refractivity contribution in [3.8, 4) is 5.75 Å². The summed E-state index contributed by atoms with van der Waals surface area (Å²) in [7, 11) is 0. The molecule has 110 valence electrons. The number of rotatable bonds is 11. The Morgan fingerprint density at radius 2 is 2.15 bits per heavy atom. The summed E-state index contributed by atoms with van der Waals surface area (Å²) >= 11 is 0. The number of benzene rings is 1. The maximum atomic E-state index is 5.70. The molecule has 0 spiro atoms. The first-order chi connectivity index (χ1) is 9.88. The van der Waals surface area contributed by atoms with Gasteiger partial charge in [0.05, 0.1) is 6.61 Å². The molecule has 0 unspecified atom stereocenters. The van der Waals surface area contributed by atoms with Crippen LogP contribution in [0.2, 0.25) is 0 Å². The topological polar surface area (TPSA) is 30.5 Å². The second-order valence-corrected chi connectivity index (χ2v) is 5.19. The van der Waals surface area contributed by atoms with E-state index in [1.54, 1.807) is 0 Å². The van der Waals surface area contributed by atoms with Gasteiger partial charge in [0.15, 0.2) is 0 Å². The number of allylic oxidation sites excluding steroid dienone is 1. The largest absolute Gasteiger partial charge is 0.491 e. The van der Waals surface area contributed by atoms with Gasteiger partial charge in [-0.1, -0.05) is 18.2 Å². The van der Waals surface area contributed by atoms with E-state index in [-0.39, 0.29) is 0 Å². The maximum Gasteiger partial charge on any atom is 0.119 e. The second-order valence-electron chi connectivity index (χ2n) is 5.19. The minimum Gasteiger partial charge on any atom is -0.491 e. The minimum absolute atomic E-state index is 0.605. The van der Waals surface area contributed by atoms with Crippen LogP contribution in [-0.2, 0) is 11.3 Å². The van der Waals surface area contributed by atoms with Crippen molar-refractivity contribution in [3.05, 3.63) is 42.5 Å². The van der Waals surface area contributed by atoms with Crippen LogP contribution in [0.3, 0.4) is 0 Å². The van der Waals surface area contributed by atoms with Gasteiger partial charge >= 0.3 is 0 Å². The van der Waals surface area contributed by atoms with Gasteiger partial charge in [-0.05, 0) is 43.4 Å². The van der Waals surface area contributed by atoms with E-state index in [4.69, 9.17) is 9.47 Å². The Bertz CT molecular complexity index is 402. The zero-order valence-electron chi connectivity index (χ0n) is 12.1. The summed E-state index contributed by atoms with van der Waals surface area (Å²) < 4.78 is 11.2. The fourth-order valence-corrected chi connectivity index (χ4v) is 1.95. The number of ether oxygens (including phenoxy) is 2. The third kappa shape index (κ3) is 6.22. The number of hydrogen-bond acceptors (Lipinski definition) is 3. The molecule has 20 heavy (non-hydrogen) atoms. The lowest BCUT2D eigenvalue weighted by Gasteiger charge is -2.09. The van der Waals surface area contributed by atoms with Gasteiger partial charge in [0.25, 0.3) is 0 Å². The lowest BCUT2D eigenvalue weighted by Crippen LogP contribution is -2.15. The first-order valence-electron chi connectivity index (χ1n) is 7.52. The van der Waals surface area contributed by atoms with Crippen molar-refractivity contribution < 1.29 is 9.47 Å². The Balaban J connectivity index is 1.59. The van der Waals surface area contributed by atoms with E-state index >= 15 is 0 Å². The van der Waals surface area contributed by atoms with Crippen LogP contribution in [0, 0.1) is 0 Å². The molecule has 0 atom stereocenters. The van der Waals surface area contributed by atoms with E-state index in [1.165, 1.54) is 18.4 Å². The van der Waals surface area contributed by atoms with Crippen LogP contribution in [0.15, 0.2) is 36.9 Å². The first kappa shape index (κ1) is 15.1. The van der Waals surface area contributed by atoms with E-state index in [0.717, 1.165) is 37.8 Å². The second kappa shape index (κ2) is 8.77. The smallest absolute Gasteiger partial charge is 0.119 e. The molecule has 0 aromatic heterocycles. The Hall–Kier alpha value is -1.32. The molecule has 1 N–H and O–H groups in total. The average Bonchev–Trinajstić information content (AvgIpc) is 3.29. The van der Waals surface area contributed by atoms with Crippen LogP contribution in [-0.4, -0.2) is 25.9 Å². The van der Waals surface area contributed by atoms with Crippen molar-refractivity contribution >= 4 is 0 Å². The van der Waals surface area contributed by atoms with Crippen molar-refractivity contribution in [2.24, 2.45) is 0 Å². The molecule has 0 amide bonds. The molecule has 0 aliphatic heterocycles. The van der Waals surface area contributed by atoms with Crippen molar-refractivity contribution in [1.82, 2.24) is 5.32 Å². The molecule has 3 heteroatoms. The van der Waals surface area contributed by atoms with Crippen LogP contribution in [0.4, 0.5) is 0 Å². The van der Waals surface area contributed by atoms with Crippen LogP contribution in [0.25, 0.3) is 0 Å². The van der Waals surface area contributed by atoms with E-state index in [0.29, 0.717) is 13.2 Å². The van der Waals surface area contributed by atoms with Crippen LogP contribution in [0.5, 0.6) is 5.75 Å². The minimum atomic E-state index is 0.605. The molecule has 3 nitrogen and oxygen atoms in total. The molecule has 1 aliphatic rings. The molecule has 1 aliphatic carbocycles. The highest BCUT2D eigenvalue weighted by atomic mass is 16.5. The summed E-state index contributed by atoms with van der Waals surface area (Å²) in [5.41, 5.74) is 1.28. The fourth-order valence-electron chi connectivity index (χ4n) is 1.95. The molecule has 1 aromatic carbocycles. The summed E-state index contributed by atoms with van der Waals surface area (Å²) in [5.74, 6) is 0.926. The molecule has 0 heterocycles. The Kier molecular flexibility index (Phi) is 6.61. The predicted molar refractivity (Wildman–Crippen MR) is 82.0 cm³/mol. The summed E-state index contributed by atoms with van der Waals surface area (Å²) in [6.07, 6.45) is 6.60. The summed E-state index contributed by atoms with van der Waals surface area (Å²) in [4.78, 5) is 0. The molecular weight excluding hydrogens is 250 g/mol. The van der Waals surface area contributed by atoms with Gasteiger partial charge in [-0.2, -0.15) is 0 Å². The number of nitrogens with one attached hydrogen (secondary N) is 1. The first-order valence-corrected chi connectivity index (χ1v) is 7.52. The Morgan fingerprint density at radius 3 is 2.95 bits per heavy atom. The highest BCUT2D eigenvalue weighted by Gasteiger charge is 2.19. The molecule has 0 saturated heterocycles. The zero-order valence-corrected chi connectivity index (χ0v) is 12.1. The molecule has 1 aromatic rings. The van der Waals surface area contributed by atoms with E-state index in [2.05, 4.69) is 24.0 Å². The SMILES string of the molecule is C=CCCCOCCOc1cccc(CNC2CC2)c1. The lowest BCUT2D eigenvalue weighted by atomic mass is 10.2. The van der Waals surface area contributed by atoms with Gasteiger partial charge in [0.2, 0.25) is 0 Å². The van der Waals surface area contributed by atoms with Crippen LogP contribution in [0.1, 0.15) is 31.2 Å². The zero-order chi connectivity index (χ0) is 14.0. The summed E-state index contributed by atoms with van der Waals surface area (Å²) in [6.45, 7) is 6.64. The van der Waals surface area contributed by atoms with Gasteiger partial charge < -0.3 is 14.8 Å².